The second-order valence-corrected chi connectivity index (χ2v) is 9.31. The fourth-order valence-corrected chi connectivity index (χ4v) is 4.53. The molecule has 1 fully saturated rings. The fraction of sp³-hybridized carbons (Fsp3) is 0.500. The van der Waals surface area contributed by atoms with Gasteiger partial charge in [-0.25, -0.2) is 4.79 Å². The average Bonchev–Trinajstić information content (AvgIpc) is 3.03. The van der Waals surface area contributed by atoms with Crippen molar-refractivity contribution >= 4 is 12.0 Å². The van der Waals surface area contributed by atoms with Crippen molar-refractivity contribution in [2.45, 2.75) is 57.7 Å². The van der Waals surface area contributed by atoms with E-state index in [1.54, 1.807) is 11.1 Å². The van der Waals surface area contributed by atoms with Crippen molar-refractivity contribution in [2.24, 2.45) is 5.92 Å². The first kappa shape index (κ1) is 25.6. The molecule has 0 saturated carbocycles. The molecule has 1 saturated heterocycles. The highest BCUT2D eigenvalue weighted by Gasteiger charge is 2.35. The average molecular weight is 469 g/mol. The molecule has 1 aromatic heterocycles. The number of aromatic nitrogens is 1. The van der Waals surface area contributed by atoms with Crippen LogP contribution >= 0.6 is 0 Å². The van der Waals surface area contributed by atoms with Gasteiger partial charge in [0.05, 0.1) is 17.8 Å². The number of rotatable bonds is 9. The summed E-state index contributed by atoms with van der Waals surface area (Å²) in [6.07, 6.45) is 2.31. The van der Waals surface area contributed by atoms with Crippen LogP contribution in [0.5, 0.6) is 0 Å². The van der Waals surface area contributed by atoms with Crippen LogP contribution in [0.1, 0.15) is 38.7 Å². The predicted molar refractivity (Wildman–Crippen MR) is 131 cm³/mol. The summed E-state index contributed by atoms with van der Waals surface area (Å²) in [4.78, 5) is 31.2. The van der Waals surface area contributed by atoms with Crippen LogP contribution in [-0.2, 0) is 11.2 Å². The minimum atomic E-state index is -1.22. The standard InChI is InChI=1S/C26H36N4O4/c1-18(2)15-22(29-26(33)34)25(32)30(23-10-6-12-27-17-24(23)31)14-11-19-7-5-8-20(16-19)21-9-3-4-13-28-21/h3-5,7-9,13,16,18,22-24,27,29,31H,6,10-12,14-15,17H2,1-2H3,(H,33,34)/t22?,23?,24-/m0/s1. The molecule has 0 aliphatic carbocycles. The van der Waals surface area contributed by atoms with Crippen LogP contribution in [0.2, 0.25) is 0 Å². The minimum Gasteiger partial charge on any atom is -0.465 e. The molecule has 2 aromatic rings. The van der Waals surface area contributed by atoms with Gasteiger partial charge in [-0.2, -0.15) is 0 Å². The van der Waals surface area contributed by atoms with Crippen molar-refractivity contribution in [2.75, 3.05) is 19.6 Å². The molecule has 3 atom stereocenters. The Morgan fingerprint density at radius 1 is 1.24 bits per heavy atom. The molecule has 1 aliphatic rings. The Morgan fingerprint density at radius 2 is 2.06 bits per heavy atom. The molecule has 8 nitrogen and oxygen atoms in total. The van der Waals surface area contributed by atoms with Crippen LogP contribution in [0.4, 0.5) is 4.79 Å². The van der Waals surface area contributed by atoms with Crippen molar-refractivity contribution in [1.82, 2.24) is 20.5 Å². The van der Waals surface area contributed by atoms with E-state index in [-0.39, 0.29) is 17.9 Å². The lowest BCUT2D eigenvalue weighted by Gasteiger charge is -2.36. The smallest absolute Gasteiger partial charge is 0.405 e. The van der Waals surface area contributed by atoms with E-state index in [0.717, 1.165) is 29.8 Å². The summed E-state index contributed by atoms with van der Waals surface area (Å²) in [5.74, 6) is -0.138. The van der Waals surface area contributed by atoms with Crippen LogP contribution in [-0.4, -0.2) is 69.9 Å². The van der Waals surface area contributed by atoms with E-state index in [1.807, 2.05) is 50.2 Å². The first-order valence-corrected chi connectivity index (χ1v) is 12.0. The van der Waals surface area contributed by atoms with Gasteiger partial charge in [0.2, 0.25) is 5.91 Å². The third-order valence-corrected chi connectivity index (χ3v) is 6.17. The number of nitrogens with one attached hydrogen (secondary N) is 2. The second kappa shape index (κ2) is 12.5. The minimum absolute atomic E-state index is 0.137. The lowest BCUT2D eigenvalue weighted by molar-refractivity contribution is -0.138. The first-order chi connectivity index (χ1) is 16.3. The van der Waals surface area contributed by atoms with Gasteiger partial charge in [0.25, 0.3) is 0 Å². The number of aliphatic hydroxyl groups excluding tert-OH is 1. The molecule has 4 N–H and O–H groups in total. The maximum atomic E-state index is 13.6. The van der Waals surface area contributed by atoms with Crippen molar-refractivity contribution in [3.05, 3.63) is 54.2 Å². The number of hydrogen-bond acceptors (Lipinski definition) is 5. The van der Waals surface area contributed by atoms with Gasteiger partial charge in [-0.05, 0) is 61.9 Å². The van der Waals surface area contributed by atoms with Gasteiger partial charge in [-0.15, -0.1) is 0 Å². The summed E-state index contributed by atoms with van der Waals surface area (Å²) in [6, 6.07) is 12.6. The molecule has 2 amide bonds. The maximum absolute atomic E-state index is 13.6. The Hall–Kier alpha value is -2.97. The fourth-order valence-electron chi connectivity index (χ4n) is 4.53. The number of hydrogen-bond donors (Lipinski definition) is 4. The molecule has 1 aliphatic heterocycles. The lowest BCUT2D eigenvalue weighted by atomic mass is 9.98. The van der Waals surface area contributed by atoms with Gasteiger partial charge in [0.15, 0.2) is 0 Å². The van der Waals surface area contributed by atoms with Gasteiger partial charge < -0.3 is 25.7 Å². The van der Waals surface area contributed by atoms with Gasteiger partial charge >= 0.3 is 6.09 Å². The third kappa shape index (κ3) is 7.27. The highest BCUT2D eigenvalue weighted by molar-refractivity contribution is 5.85. The predicted octanol–water partition coefficient (Wildman–Crippen LogP) is 2.91. The Bertz CT molecular complexity index is 937. The van der Waals surface area contributed by atoms with Crippen molar-refractivity contribution in [3.63, 3.8) is 0 Å². The van der Waals surface area contributed by atoms with E-state index in [9.17, 15) is 19.8 Å². The number of pyridine rings is 1. The normalized spacial score (nSPS) is 19.3. The van der Waals surface area contributed by atoms with Crippen LogP contribution in [0.3, 0.4) is 0 Å². The van der Waals surface area contributed by atoms with E-state index in [4.69, 9.17) is 0 Å². The van der Waals surface area contributed by atoms with Gasteiger partial charge in [-0.3, -0.25) is 9.78 Å². The lowest BCUT2D eigenvalue weighted by Crippen LogP contribution is -2.56. The highest BCUT2D eigenvalue weighted by atomic mass is 16.4. The largest absolute Gasteiger partial charge is 0.465 e. The van der Waals surface area contributed by atoms with E-state index in [1.165, 1.54) is 0 Å². The molecular weight excluding hydrogens is 432 g/mol. The zero-order valence-electron chi connectivity index (χ0n) is 20.0. The summed E-state index contributed by atoms with van der Waals surface area (Å²) in [5.41, 5.74) is 2.93. The monoisotopic (exact) mass is 468 g/mol. The van der Waals surface area contributed by atoms with Crippen molar-refractivity contribution < 1.29 is 19.8 Å². The summed E-state index contributed by atoms with van der Waals surface area (Å²) in [7, 11) is 0. The zero-order chi connectivity index (χ0) is 24.5. The van der Waals surface area contributed by atoms with E-state index < -0.39 is 18.2 Å². The number of nitrogens with zero attached hydrogens (tertiary/aromatic N) is 2. The topological polar surface area (TPSA) is 115 Å². The van der Waals surface area contributed by atoms with Crippen LogP contribution in [0, 0.1) is 5.92 Å². The molecule has 3 rings (SSSR count). The molecule has 184 valence electrons. The number of benzene rings is 1. The van der Waals surface area contributed by atoms with Crippen molar-refractivity contribution in [1.29, 1.82) is 0 Å². The summed E-state index contributed by atoms with van der Waals surface area (Å²) < 4.78 is 0. The van der Waals surface area contributed by atoms with Crippen LogP contribution in [0.15, 0.2) is 48.7 Å². The summed E-state index contributed by atoms with van der Waals surface area (Å²) in [6.45, 7) is 5.50. The Labute approximate surface area is 201 Å². The second-order valence-electron chi connectivity index (χ2n) is 9.31. The molecule has 34 heavy (non-hydrogen) atoms. The molecule has 8 heteroatoms. The molecule has 2 heterocycles. The van der Waals surface area contributed by atoms with Crippen molar-refractivity contribution in [3.8, 4) is 11.3 Å². The van der Waals surface area contributed by atoms with E-state index in [2.05, 4.69) is 21.7 Å². The van der Waals surface area contributed by atoms with Gasteiger partial charge in [0, 0.05) is 24.8 Å². The number of carbonyl (C=O) groups excluding carboxylic acids is 1. The molecule has 0 radical (unpaired) electrons. The van der Waals surface area contributed by atoms with Crippen LogP contribution < -0.4 is 10.6 Å². The molecule has 0 spiro atoms. The highest BCUT2D eigenvalue weighted by Crippen LogP contribution is 2.21. The summed E-state index contributed by atoms with van der Waals surface area (Å²) >= 11 is 0. The van der Waals surface area contributed by atoms with Gasteiger partial charge in [-0.1, -0.05) is 38.1 Å². The van der Waals surface area contributed by atoms with E-state index >= 15 is 0 Å². The number of β-amino-alcohol motifs (C(OH)–C–C–N with tert-alkyl or cyclic N) is 1. The van der Waals surface area contributed by atoms with E-state index in [0.29, 0.717) is 32.4 Å². The molecular formula is C26H36N4O4. The number of carbonyl (C=O) groups is 2. The van der Waals surface area contributed by atoms with Gasteiger partial charge in [0.1, 0.15) is 6.04 Å². The SMILES string of the molecule is CC(C)CC(NC(=O)O)C(=O)N(CCc1cccc(-c2ccccn2)c1)C1CCCNC[C@@H]1O. The Kier molecular flexibility index (Phi) is 9.42. The number of amides is 2. The molecule has 2 unspecified atom stereocenters. The first-order valence-electron chi connectivity index (χ1n) is 12.0. The molecule has 0 bridgehead atoms. The van der Waals surface area contributed by atoms with Crippen LogP contribution in [0.25, 0.3) is 11.3 Å². The Balaban J connectivity index is 1.83. The maximum Gasteiger partial charge on any atom is 0.405 e. The number of carboxylic acid groups (broad SMARTS) is 1. The zero-order valence-corrected chi connectivity index (χ0v) is 20.0. The molecule has 1 aromatic carbocycles. The third-order valence-electron chi connectivity index (χ3n) is 6.17. The quantitative estimate of drug-likeness (QED) is 0.450. The Morgan fingerprint density at radius 3 is 2.76 bits per heavy atom. The summed E-state index contributed by atoms with van der Waals surface area (Å²) in [5, 5.41) is 25.8. The number of aliphatic hydroxyl groups is 1.